The van der Waals surface area contributed by atoms with Crippen molar-refractivity contribution in [2.45, 2.75) is 38.0 Å². The number of nitrogens with one attached hydrogen (secondary N) is 1. The number of aromatic amines is 1. The molecule has 142 valence electrons. The molecule has 0 aromatic carbocycles. The molecule has 1 atom stereocenters. The molecule has 0 radical (unpaired) electrons. The molecule has 0 bridgehead atoms. The molecule has 11 heteroatoms. The Morgan fingerprint density at radius 1 is 1.44 bits per heavy atom. The number of halogens is 3. The zero-order chi connectivity index (χ0) is 19.3. The van der Waals surface area contributed by atoms with Crippen molar-refractivity contribution in [1.82, 2.24) is 15.1 Å². The predicted molar refractivity (Wildman–Crippen MR) is 78.9 cm³/mol. The number of aromatic nitrogens is 2. The minimum atomic E-state index is -5.08. The van der Waals surface area contributed by atoms with Crippen LogP contribution in [0.1, 0.15) is 24.1 Å². The van der Waals surface area contributed by atoms with Crippen molar-refractivity contribution < 1.29 is 37.7 Å². The average molecular weight is 367 g/mol. The Balaban J connectivity index is 0.000000381. The van der Waals surface area contributed by atoms with E-state index in [4.69, 9.17) is 14.6 Å². The Morgan fingerprint density at radius 3 is 2.44 bits per heavy atom. The summed E-state index contributed by atoms with van der Waals surface area (Å²) < 4.78 is 36.9. The molecule has 1 aromatic heterocycles. The van der Waals surface area contributed by atoms with Crippen molar-refractivity contribution in [3.05, 3.63) is 17.5 Å². The van der Waals surface area contributed by atoms with E-state index in [2.05, 4.69) is 10.2 Å². The zero-order valence-corrected chi connectivity index (χ0v) is 13.8. The number of aliphatic carboxylic acids is 2. The van der Waals surface area contributed by atoms with Crippen LogP contribution in [0.3, 0.4) is 0 Å². The van der Waals surface area contributed by atoms with E-state index >= 15 is 0 Å². The summed E-state index contributed by atoms with van der Waals surface area (Å²) in [6.45, 7) is 3.54. The Morgan fingerprint density at radius 2 is 2.04 bits per heavy atom. The summed E-state index contributed by atoms with van der Waals surface area (Å²) in [7, 11) is 1.55. The third-order valence-electron chi connectivity index (χ3n) is 3.94. The van der Waals surface area contributed by atoms with Gasteiger partial charge in [0.1, 0.15) is 5.54 Å². The number of carboxylic acids is 2. The van der Waals surface area contributed by atoms with Gasteiger partial charge in [-0.2, -0.15) is 18.3 Å². The number of alkyl halides is 3. The molecule has 1 saturated heterocycles. The molecular weight excluding hydrogens is 347 g/mol. The summed E-state index contributed by atoms with van der Waals surface area (Å²) in [5.41, 5.74) is 1.13. The van der Waals surface area contributed by atoms with Crippen LogP contribution in [-0.2, 0) is 20.9 Å². The number of aryl methyl sites for hydroxylation is 1. The number of hydrogen-bond donors (Lipinski definition) is 3. The molecular formula is C14H20F3N3O5. The molecule has 1 aliphatic heterocycles. The fourth-order valence-corrected chi connectivity index (χ4v) is 2.61. The lowest BCUT2D eigenvalue weighted by atomic mass is 9.97. The fraction of sp³-hybridized carbons (Fsp3) is 0.643. The molecule has 1 aromatic rings. The van der Waals surface area contributed by atoms with Crippen molar-refractivity contribution >= 4 is 11.9 Å². The highest BCUT2D eigenvalue weighted by molar-refractivity contribution is 5.79. The summed E-state index contributed by atoms with van der Waals surface area (Å²) in [4.78, 5) is 22.5. The van der Waals surface area contributed by atoms with Gasteiger partial charge in [-0.15, -0.1) is 0 Å². The lowest BCUT2D eigenvalue weighted by Gasteiger charge is -2.33. The van der Waals surface area contributed by atoms with Crippen molar-refractivity contribution in [2.24, 2.45) is 0 Å². The summed E-state index contributed by atoms with van der Waals surface area (Å²) in [6.07, 6.45) is -1.81. The number of carboxylic acid groups (broad SMARTS) is 2. The third kappa shape index (κ3) is 5.16. The van der Waals surface area contributed by atoms with Crippen LogP contribution in [0.25, 0.3) is 0 Å². The van der Waals surface area contributed by atoms with Gasteiger partial charge < -0.3 is 14.9 Å². The van der Waals surface area contributed by atoms with Crippen molar-refractivity contribution in [3.8, 4) is 0 Å². The molecule has 25 heavy (non-hydrogen) atoms. The van der Waals surface area contributed by atoms with Gasteiger partial charge in [-0.1, -0.05) is 0 Å². The zero-order valence-electron chi connectivity index (χ0n) is 13.8. The van der Waals surface area contributed by atoms with Crippen molar-refractivity contribution in [3.63, 3.8) is 0 Å². The number of likely N-dealkylation sites (tertiary alicyclic amines) is 1. The fourth-order valence-electron chi connectivity index (χ4n) is 2.61. The predicted octanol–water partition coefficient (Wildman–Crippen LogP) is 1.42. The molecule has 1 aliphatic rings. The monoisotopic (exact) mass is 367 g/mol. The largest absolute Gasteiger partial charge is 0.490 e. The highest BCUT2D eigenvalue weighted by Crippen LogP contribution is 2.32. The minimum absolute atomic E-state index is 0.221. The molecule has 2 rings (SSSR count). The molecule has 0 saturated carbocycles. The Bertz CT molecular complexity index is 605. The van der Waals surface area contributed by atoms with Gasteiger partial charge in [-0.05, 0) is 26.3 Å². The van der Waals surface area contributed by atoms with Crippen LogP contribution in [0.5, 0.6) is 0 Å². The number of ether oxygens (including phenoxy) is 1. The van der Waals surface area contributed by atoms with Crippen molar-refractivity contribution in [1.29, 1.82) is 0 Å². The van der Waals surface area contributed by atoms with E-state index in [1.165, 1.54) is 0 Å². The first-order valence-electron chi connectivity index (χ1n) is 7.31. The van der Waals surface area contributed by atoms with E-state index in [0.29, 0.717) is 13.0 Å². The number of methoxy groups -OCH3 is 1. The van der Waals surface area contributed by atoms with Gasteiger partial charge in [0, 0.05) is 24.9 Å². The van der Waals surface area contributed by atoms with Gasteiger partial charge >= 0.3 is 18.1 Å². The van der Waals surface area contributed by atoms with Gasteiger partial charge in [0.2, 0.25) is 0 Å². The summed E-state index contributed by atoms with van der Waals surface area (Å²) in [5, 5.41) is 23.5. The highest BCUT2D eigenvalue weighted by Gasteiger charge is 2.47. The first-order chi connectivity index (χ1) is 11.5. The molecule has 1 fully saturated rings. The Kier molecular flexibility index (Phi) is 6.94. The smallest absolute Gasteiger partial charge is 0.480 e. The Labute approximate surface area is 141 Å². The Hall–Kier alpha value is -2.14. The van der Waals surface area contributed by atoms with Gasteiger partial charge in [-0.3, -0.25) is 14.8 Å². The maximum absolute atomic E-state index is 11.6. The summed E-state index contributed by atoms with van der Waals surface area (Å²) in [5.74, 6) is -3.56. The van der Waals surface area contributed by atoms with Crippen LogP contribution in [0.15, 0.2) is 6.20 Å². The van der Waals surface area contributed by atoms with Crippen LogP contribution in [-0.4, -0.2) is 69.2 Å². The van der Waals surface area contributed by atoms with E-state index in [1.807, 2.05) is 11.8 Å². The average Bonchev–Trinajstić information content (AvgIpc) is 3.08. The quantitative estimate of drug-likeness (QED) is 0.721. The molecule has 0 aliphatic carbocycles. The van der Waals surface area contributed by atoms with Crippen LogP contribution < -0.4 is 0 Å². The first kappa shape index (κ1) is 20.9. The topological polar surface area (TPSA) is 116 Å². The highest BCUT2D eigenvalue weighted by atomic mass is 19.4. The molecule has 3 N–H and O–H groups in total. The second-order valence-electron chi connectivity index (χ2n) is 5.62. The molecule has 8 nitrogen and oxygen atoms in total. The molecule has 0 amide bonds. The van der Waals surface area contributed by atoms with Crippen LogP contribution in [0, 0.1) is 6.92 Å². The SMILES string of the molecule is COCC1(C(=O)O)CCCN1Cc1cn[nH]c1C.O=C(O)C(F)(F)F. The summed E-state index contributed by atoms with van der Waals surface area (Å²) in [6, 6.07) is 0. The lowest BCUT2D eigenvalue weighted by molar-refractivity contribution is -0.192. The third-order valence-corrected chi connectivity index (χ3v) is 3.94. The normalized spacial score (nSPS) is 20.8. The van der Waals surface area contributed by atoms with E-state index in [0.717, 1.165) is 24.2 Å². The number of H-pyrrole nitrogens is 1. The number of carbonyl (C=O) groups is 2. The van der Waals surface area contributed by atoms with E-state index in [1.54, 1.807) is 13.3 Å². The first-order valence-corrected chi connectivity index (χ1v) is 7.31. The van der Waals surface area contributed by atoms with Crippen LogP contribution >= 0.6 is 0 Å². The number of nitrogens with zero attached hydrogens (tertiary/aromatic N) is 2. The maximum Gasteiger partial charge on any atom is 0.490 e. The lowest BCUT2D eigenvalue weighted by Crippen LogP contribution is -2.53. The number of hydrogen-bond acceptors (Lipinski definition) is 5. The van der Waals surface area contributed by atoms with Gasteiger partial charge in [-0.25, -0.2) is 4.79 Å². The maximum atomic E-state index is 11.6. The van der Waals surface area contributed by atoms with E-state index in [9.17, 15) is 23.1 Å². The second-order valence-corrected chi connectivity index (χ2v) is 5.62. The van der Waals surface area contributed by atoms with Crippen molar-refractivity contribution in [2.75, 3.05) is 20.3 Å². The minimum Gasteiger partial charge on any atom is -0.480 e. The number of rotatable bonds is 5. The standard InChI is InChI=1S/C12H19N3O3.C2HF3O2/c1-9-10(6-13-14-9)7-15-5-3-4-12(15,8-18-2)11(16)17;3-2(4,5)1(6)7/h6H,3-5,7-8H2,1-2H3,(H,13,14)(H,16,17);(H,6,7). The van der Waals surface area contributed by atoms with Crippen LogP contribution in [0.4, 0.5) is 13.2 Å². The second kappa shape index (κ2) is 8.30. The van der Waals surface area contributed by atoms with Gasteiger partial charge in [0.15, 0.2) is 0 Å². The van der Waals surface area contributed by atoms with Crippen LogP contribution in [0.2, 0.25) is 0 Å². The molecule has 2 heterocycles. The van der Waals surface area contributed by atoms with E-state index in [-0.39, 0.29) is 6.61 Å². The summed E-state index contributed by atoms with van der Waals surface area (Å²) >= 11 is 0. The molecule has 0 spiro atoms. The van der Waals surface area contributed by atoms with Gasteiger partial charge in [0.05, 0.1) is 12.8 Å². The van der Waals surface area contributed by atoms with Gasteiger partial charge in [0.25, 0.3) is 0 Å². The molecule has 1 unspecified atom stereocenters. The van der Waals surface area contributed by atoms with E-state index < -0.39 is 23.7 Å².